The van der Waals surface area contributed by atoms with E-state index >= 15 is 0 Å². The topological polar surface area (TPSA) is 64.1 Å². The zero-order chi connectivity index (χ0) is 10.3. The normalized spacial score (nSPS) is 33.2. The standard InChI is InChI=1S/C9H11N3O2S/c13-8(11-7-4-10-12-15-7)6-3-9(6)1-2-14-5-9/h4,6H,1-3,5H2,(H,11,13). The van der Waals surface area contributed by atoms with E-state index in [4.69, 9.17) is 4.74 Å². The van der Waals surface area contributed by atoms with Crippen molar-refractivity contribution < 1.29 is 9.53 Å². The van der Waals surface area contributed by atoms with E-state index in [-0.39, 0.29) is 17.2 Å². The molecule has 1 N–H and O–H groups in total. The van der Waals surface area contributed by atoms with E-state index in [0.717, 1.165) is 31.1 Å². The van der Waals surface area contributed by atoms with E-state index in [0.29, 0.717) is 0 Å². The molecular formula is C9H11N3O2S. The summed E-state index contributed by atoms with van der Waals surface area (Å²) in [7, 11) is 0. The number of nitrogens with zero attached hydrogens (tertiary/aromatic N) is 2. The van der Waals surface area contributed by atoms with Gasteiger partial charge in [0.1, 0.15) is 5.00 Å². The highest BCUT2D eigenvalue weighted by Crippen LogP contribution is 2.58. The summed E-state index contributed by atoms with van der Waals surface area (Å²) in [5.41, 5.74) is 0.155. The fourth-order valence-corrected chi connectivity index (χ4v) is 2.63. The molecule has 0 bridgehead atoms. The Hall–Kier alpha value is -1.01. The van der Waals surface area contributed by atoms with Gasteiger partial charge in [-0.15, -0.1) is 5.10 Å². The average Bonchev–Trinajstić information content (AvgIpc) is 2.63. The highest BCUT2D eigenvalue weighted by molar-refractivity contribution is 7.10. The van der Waals surface area contributed by atoms with Crippen LogP contribution in [0.3, 0.4) is 0 Å². The number of carbonyl (C=O) groups excluding carboxylic acids is 1. The summed E-state index contributed by atoms with van der Waals surface area (Å²) in [4.78, 5) is 11.8. The molecule has 1 aliphatic carbocycles. The summed E-state index contributed by atoms with van der Waals surface area (Å²) < 4.78 is 9.03. The van der Waals surface area contributed by atoms with Gasteiger partial charge in [-0.1, -0.05) is 4.49 Å². The minimum atomic E-state index is 0.0894. The van der Waals surface area contributed by atoms with E-state index in [2.05, 4.69) is 14.9 Å². The Bertz CT molecular complexity index is 373. The van der Waals surface area contributed by atoms with Crippen LogP contribution in [0.15, 0.2) is 6.20 Å². The second-order valence-electron chi connectivity index (χ2n) is 4.19. The predicted molar refractivity (Wildman–Crippen MR) is 54.5 cm³/mol. The van der Waals surface area contributed by atoms with E-state index < -0.39 is 0 Å². The van der Waals surface area contributed by atoms with E-state index in [1.54, 1.807) is 6.20 Å². The number of ether oxygens (including phenoxy) is 1. The van der Waals surface area contributed by atoms with Crippen molar-refractivity contribution in [1.29, 1.82) is 0 Å². The van der Waals surface area contributed by atoms with Gasteiger partial charge in [0.05, 0.1) is 12.8 Å². The molecule has 80 valence electrons. The quantitative estimate of drug-likeness (QED) is 0.812. The fraction of sp³-hybridized carbons (Fsp3) is 0.667. The number of carbonyl (C=O) groups is 1. The molecule has 1 saturated carbocycles. The SMILES string of the molecule is O=C(Nc1cnns1)C1CC12CCOC2. The third-order valence-electron chi connectivity index (χ3n) is 3.25. The lowest BCUT2D eigenvalue weighted by Crippen LogP contribution is -2.18. The van der Waals surface area contributed by atoms with Crippen LogP contribution in [-0.2, 0) is 9.53 Å². The van der Waals surface area contributed by atoms with Gasteiger partial charge >= 0.3 is 0 Å². The molecular weight excluding hydrogens is 214 g/mol. The largest absolute Gasteiger partial charge is 0.381 e. The first kappa shape index (κ1) is 9.23. The summed E-state index contributed by atoms with van der Waals surface area (Å²) in [6.07, 6.45) is 3.56. The lowest BCUT2D eigenvalue weighted by atomic mass is 10.0. The van der Waals surface area contributed by atoms with Crippen LogP contribution in [0.25, 0.3) is 0 Å². The number of hydrogen-bond acceptors (Lipinski definition) is 5. The lowest BCUT2D eigenvalue weighted by Gasteiger charge is -2.05. The van der Waals surface area contributed by atoms with Gasteiger partial charge in [0, 0.05) is 29.5 Å². The van der Waals surface area contributed by atoms with Crippen LogP contribution < -0.4 is 5.32 Å². The molecule has 2 unspecified atom stereocenters. The second kappa shape index (κ2) is 3.24. The first-order chi connectivity index (χ1) is 7.30. The number of anilines is 1. The number of amides is 1. The fourth-order valence-electron chi connectivity index (χ4n) is 2.21. The highest BCUT2D eigenvalue weighted by atomic mass is 32.1. The first-order valence-corrected chi connectivity index (χ1v) is 5.73. The van der Waals surface area contributed by atoms with Crippen LogP contribution in [0.4, 0.5) is 5.00 Å². The molecule has 5 nitrogen and oxygen atoms in total. The highest BCUT2D eigenvalue weighted by Gasteiger charge is 2.59. The molecule has 1 aliphatic heterocycles. The van der Waals surface area contributed by atoms with Crippen molar-refractivity contribution >= 4 is 22.4 Å². The third-order valence-corrected chi connectivity index (χ3v) is 3.83. The molecule has 15 heavy (non-hydrogen) atoms. The van der Waals surface area contributed by atoms with Crippen molar-refractivity contribution in [2.45, 2.75) is 12.8 Å². The van der Waals surface area contributed by atoms with Crippen molar-refractivity contribution in [3.63, 3.8) is 0 Å². The Morgan fingerprint density at radius 3 is 3.33 bits per heavy atom. The Morgan fingerprint density at radius 1 is 1.73 bits per heavy atom. The number of nitrogens with one attached hydrogen (secondary N) is 1. The third kappa shape index (κ3) is 1.53. The lowest BCUT2D eigenvalue weighted by molar-refractivity contribution is -0.118. The van der Waals surface area contributed by atoms with Crippen LogP contribution in [-0.4, -0.2) is 28.7 Å². The van der Waals surface area contributed by atoms with Gasteiger partial charge in [-0.2, -0.15) is 0 Å². The molecule has 6 heteroatoms. The van der Waals surface area contributed by atoms with Gasteiger partial charge in [-0.3, -0.25) is 4.79 Å². The summed E-state index contributed by atoms with van der Waals surface area (Å²) in [6.45, 7) is 1.54. The molecule has 1 saturated heterocycles. The first-order valence-electron chi connectivity index (χ1n) is 4.96. The molecule has 2 heterocycles. The number of rotatable bonds is 2. The summed E-state index contributed by atoms with van der Waals surface area (Å²) in [5.74, 6) is 0.216. The maximum atomic E-state index is 11.8. The predicted octanol–water partition coefficient (Wildman–Crippen LogP) is 0.903. The molecule has 2 fully saturated rings. The number of aromatic nitrogens is 2. The van der Waals surface area contributed by atoms with Crippen LogP contribution in [0.5, 0.6) is 0 Å². The average molecular weight is 225 g/mol. The van der Waals surface area contributed by atoms with Gasteiger partial charge < -0.3 is 10.1 Å². The van der Waals surface area contributed by atoms with Crippen molar-refractivity contribution in [3.05, 3.63) is 6.20 Å². The van der Waals surface area contributed by atoms with Crippen molar-refractivity contribution in [3.8, 4) is 0 Å². The van der Waals surface area contributed by atoms with E-state index in [1.165, 1.54) is 11.5 Å². The monoisotopic (exact) mass is 225 g/mol. The van der Waals surface area contributed by atoms with Crippen LogP contribution >= 0.6 is 11.5 Å². The minimum absolute atomic E-state index is 0.0894. The van der Waals surface area contributed by atoms with Gasteiger partial charge in [-0.05, 0) is 12.8 Å². The summed E-state index contributed by atoms with van der Waals surface area (Å²) in [6, 6.07) is 0. The Balaban J connectivity index is 1.63. The van der Waals surface area contributed by atoms with Crippen LogP contribution in [0.2, 0.25) is 0 Å². The zero-order valence-electron chi connectivity index (χ0n) is 8.10. The molecule has 3 rings (SSSR count). The maximum absolute atomic E-state index is 11.8. The molecule has 0 radical (unpaired) electrons. The number of hydrogen-bond donors (Lipinski definition) is 1. The van der Waals surface area contributed by atoms with Crippen LogP contribution in [0.1, 0.15) is 12.8 Å². The van der Waals surface area contributed by atoms with E-state index in [9.17, 15) is 4.79 Å². The summed E-state index contributed by atoms with van der Waals surface area (Å²) >= 11 is 1.20. The van der Waals surface area contributed by atoms with Crippen molar-refractivity contribution in [2.24, 2.45) is 11.3 Å². The summed E-state index contributed by atoms with van der Waals surface area (Å²) in [5, 5.41) is 7.23. The van der Waals surface area contributed by atoms with Crippen LogP contribution in [0, 0.1) is 11.3 Å². The van der Waals surface area contributed by atoms with Crippen molar-refractivity contribution in [1.82, 2.24) is 9.59 Å². The van der Waals surface area contributed by atoms with E-state index in [1.807, 2.05) is 0 Å². The second-order valence-corrected chi connectivity index (χ2v) is 4.98. The Morgan fingerprint density at radius 2 is 2.67 bits per heavy atom. The van der Waals surface area contributed by atoms with Gasteiger partial charge in [0.2, 0.25) is 5.91 Å². The molecule has 0 aromatic carbocycles. The maximum Gasteiger partial charge on any atom is 0.228 e. The van der Waals surface area contributed by atoms with Gasteiger partial charge in [0.15, 0.2) is 0 Å². The molecule has 1 spiro atoms. The van der Waals surface area contributed by atoms with Gasteiger partial charge in [-0.25, -0.2) is 0 Å². The molecule has 1 aromatic rings. The Kier molecular flexibility index (Phi) is 2.00. The minimum Gasteiger partial charge on any atom is -0.381 e. The molecule has 1 aromatic heterocycles. The van der Waals surface area contributed by atoms with Crippen molar-refractivity contribution in [2.75, 3.05) is 18.5 Å². The molecule has 1 amide bonds. The molecule has 2 aliphatic rings. The zero-order valence-corrected chi connectivity index (χ0v) is 8.92. The molecule has 2 atom stereocenters. The van der Waals surface area contributed by atoms with Gasteiger partial charge in [0.25, 0.3) is 0 Å². The smallest absolute Gasteiger partial charge is 0.228 e. The Labute approximate surface area is 91.0 Å².